The molecule has 2 aromatic carbocycles. The van der Waals surface area contributed by atoms with Gasteiger partial charge in [0.2, 0.25) is 0 Å². The van der Waals surface area contributed by atoms with Crippen molar-refractivity contribution in [1.29, 1.82) is 0 Å². The highest BCUT2D eigenvalue weighted by molar-refractivity contribution is 6.37. The van der Waals surface area contributed by atoms with E-state index in [1.54, 1.807) is 17.0 Å². The zero-order valence-electron chi connectivity index (χ0n) is 12.7. The number of carbonyl (C=O) groups is 1. The molecule has 0 bridgehead atoms. The van der Waals surface area contributed by atoms with Gasteiger partial charge in [-0.15, -0.1) is 0 Å². The minimum atomic E-state index is -0.270. The SMILES string of the molecule is O=C(c1cc(Cl)c(O)c(Cl)c1)N1CCN(c2ccc(F)cc2)CC1. The van der Waals surface area contributed by atoms with Crippen molar-refractivity contribution in [2.24, 2.45) is 0 Å². The first-order valence-electron chi connectivity index (χ1n) is 7.43. The molecule has 2 aromatic rings. The smallest absolute Gasteiger partial charge is 0.254 e. The molecule has 1 amide bonds. The number of hydrogen-bond acceptors (Lipinski definition) is 3. The van der Waals surface area contributed by atoms with Crippen molar-refractivity contribution in [2.75, 3.05) is 31.1 Å². The van der Waals surface area contributed by atoms with E-state index in [2.05, 4.69) is 4.90 Å². The van der Waals surface area contributed by atoms with Crippen molar-refractivity contribution in [3.05, 3.63) is 57.8 Å². The van der Waals surface area contributed by atoms with E-state index in [0.29, 0.717) is 31.7 Å². The molecule has 24 heavy (non-hydrogen) atoms. The van der Waals surface area contributed by atoms with Gasteiger partial charge in [-0.1, -0.05) is 23.2 Å². The van der Waals surface area contributed by atoms with Crippen molar-refractivity contribution >= 4 is 34.8 Å². The van der Waals surface area contributed by atoms with E-state index in [1.165, 1.54) is 24.3 Å². The van der Waals surface area contributed by atoms with Crippen molar-refractivity contribution < 1.29 is 14.3 Å². The molecule has 0 aromatic heterocycles. The van der Waals surface area contributed by atoms with Crippen LogP contribution in [0.5, 0.6) is 5.75 Å². The summed E-state index contributed by atoms with van der Waals surface area (Å²) in [5.74, 6) is -0.679. The number of amides is 1. The maximum absolute atomic E-state index is 13.0. The van der Waals surface area contributed by atoms with Crippen LogP contribution in [0, 0.1) is 5.82 Å². The van der Waals surface area contributed by atoms with Gasteiger partial charge in [-0.25, -0.2) is 4.39 Å². The Hall–Kier alpha value is -1.98. The van der Waals surface area contributed by atoms with E-state index < -0.39 is 0 Å². The molecule has 0 unspecified atom stereocenters. The lowest BCUT2D eigenvalue weighted by molar-refractivity contribution is 0.0747. The summed E-state index contributed by atoms with van der Waals surface area (Å²) in [5, 5.41) is 9.68. The number of hydrogen-bond donors (Lipinski definition) is 1. The van der Waals surface area contributed by atoms with Crippen molar-refractivity contribution in [2.45, 2.75) is 0 Å². The van der Waals surface area contributed by atoms with Crippen LogP contribution in [0.1, 0.15) is 10.4 Å². The standard InChI is InChI=1S/C17H15Cl2FN2O2/c18-14-9-11(10-15(19)16(14)23)17(24)22-7-5-21(6-8-22)13-3-1-12(20)2-4-13/h1-4,9-10,23H,5-8H2. The number of anilines is 1. The normalized spacial score (nSPS) is 14.8. The Labute approximate surface area is 149 Å². The van der Waals surface area contributed by atoms with Gasteiger partial charge < -0.3 is 14.9 Å². The fourth-order valence-corrected chi connectivity index (χ4v) is 3.18. The number of phenolic OH excluding ortho intramolecular Hbond substituents is 1. The summed E-state index contributed by atoms with van der Waals surface area (Å²) >= 11 is 11.7. The molecular formula is C17H15Cl2FN2O2. The average Bonchev–Trinajstić information content (AvgIpc) is 2.59. The summed E-state index contributed by atoms with van der Waals surface area (Å²) in [4.78, 5) is 16.4. The fourth-order valence-electron chi connectivity index (χ4n) is 2.69. The van der Waals surface area contributed by atoms with Crippen molar-refractivity contribution in [3.8, 4) is 5.75 Å². The van der Waals surface area contributed by atoms with Gasteiger partial charge in [-0.2, -0.15) is 0 Å². The van der Waals surface area contributed by atoms with Crippen LogP contribution in [-0.4, -0.2) is 42.1 Å². The minimum Gasteiger partial charge on any atom is -0.505 e. The Kier molecular flexibility index (Phi) is 4.83. The number of carbonyl (C=O) groups excluding carboxylic acids is 1. The van der Waals surface area contributed by atoms with Gasteiger partial charge in [0.25, 0.3) is 5.91 Å². The van der Waals surface area contributed by atoms with Gasteiger partial charge in [0.05, 0.1) is 10.0 Å². The molecule has 126 valence electrons. The third kappa shape index (κ3) is 3.42. The first-order valence-corrected chi connectivity index (χ1v) is 8.19. The van der Waals surface area contributed by atoms with E-state index in [4.69, 9.17) is 23.2 Å². The fraction of sp³-hybridized carbons (Fsp3) is 0.235. The second kappa shape index (κ2) is 6.87. The number of piperazine rings is 1. The van der Waals surface area contributed by atoms with E-state index in [1.807, 2.05) is 0 Å². The second-order valence-corrected chi connectivity index (χ2v) is 6.36. The lowest BCUT2D eigenvalue weighted by atomic mass is 10.1. The minimum absolute atomic E-state index is 0.0517. The Bertz CT molecular complexity index is 737. The number of halogens is 3. The van der Waals surface area contributed by atoms with Gasteiger partial charge in [-0.05, 0) is 36.4 Å². The summed E-state index contributed by atoms with van der Waals surface area (Å²) in [6.07, 6.45) is 0. The molecule has 0 spiro atoms. The van der Waals surface area contributed by atoms with Crippen LogP contribution >= 0.6 is 23.2 Å². The first-order chi connectivity index (χ1) is 11.5. The topological polar surface area (TPSA) is 43.8 Å². The Morgan fingerprint density at radius 1 is 1.00 bits per heavy atom. The average molecular weight is 369 g/mol. The van der Waals surface area contributed by atoms with Gasteiger partial charge in [-0.3, -0.25) is 4.79 Å². The number of benzene rings is 2. The molecule has 1 fully saturated rings. The third-order valence-corrected chi connectivity index (χ3v) is 4.60. The second-order valence-electron chi connectivity index (χ2n) is 5.54. The Morgan fingerprint density at radius 2 is 1.54 bits per heavy atom. The Morgan fingerprint density at radius 3 is 2.08 bits per heavy atom. The largest absolute Gasteiger partial charge is 0.505 e. The number of rotatable bonds is 2. The molecular weight excluding hydrogens is 354 g/mol. The molecule has 1 aliphatic heterocycles. The molecule has 1 aliphatic rings. The van der Waals surface area contributed by atoms with Gasteiger partial charge in [0.15, 0.2) is 5.75 Å². The van der Waals surface area contributed by atoms with Gasteiger partial charge in [0.1, 0.15) is 5.82 Å². The molecule has 7 heteroatoms. The zero-order valence-corrected chi connectivity index (χ0v) is 14.2. The lowest BCUT2D eigenvalue weighted by Gasteiger charge is -2.36. The molecule has 3 rings (SSSR count). The maximum atomic E-state index is 13.0. The van der Waals surface area contributed by atoms with E-state index in [-0.39, 0.29) is 27.5 Å². The van der Waals surface area contributed by atoms with Crippen LogP contribution in [0.4, 0.5) is 10.1 Å². The zero-order chi connectivity index (χ0) is 17.3. The predicted octanol–water partition coefficient (Wildman–Crippen LogP) is 3.80. The summed E-state index contributed by atoms with van der Waals surface area (Å²) < 4.78 is 13.0. The van der Waals surface area contributed by atoms with Crippen LogP contribution in [0.25, 0.3) is 0 Å². The van der Waals surface area contributed by atoms with Crippen LogP contribution in [-0.2, 0) is 0 Å². The molecule has 1 heterocycles. The van der Waals surface area contributed by atoms with Crippen LogP contribution in [0.2, 0.25) is 10.0 Å². The van der Waals surface area contributed by atoms with Crippen molar-refractivity contribution in [3.63, 3.8) is 0 Å². The van der Waals surface area contributed by atoms with Crippen LogP contribution in [0.15, 0.2) is 36.4 Å². The highest BCUT2D eigenvalue weighted by Crippen LogP contribution is 2.33. The van der Waals surface area contributed by atoms with E-state index in [0.717, 1.165) is 5.69 Å². The van der Waals surface area contributed by atoms with Crippen LogP contribution < -0.4 is 4.90 Å². The predicted molar refractivity (Wildman–Crippen MR) is 92.6 cm³/mol. The molecule has 1 N–H and O–H groups in total. The maximum Gasteiger partial charge on any atom is 0.254 e. The number of nitrogens with zero attached hydrogens (tertiary/aromatic N) is 2. The summed E-state index contributed by atoms with van der Waals surface area (Å²) in [6, 6.07) is 9.13. The first kappa shape index (κ1) is 16.9. The molecule has 4 nitrogen and oxygen atoms in total. The molecule has 0 saturated carbocycles. The quantitative estimate of drug-likeness (QED) is 0.876. The van der Waals surface area contributed by atoms with Crippen LogP contribution in [0.3, 0.4) is 0 Å². The highest BCUT2D eigenvalue weighted by Gasteiger charge is 2.23. The lowest BCUT2D eigenvalue weighted by Crippen LogP contribution is -2.48. The monoisotopic (exact) mass is 368 g/mol. The summed E-state index contributed by atoms with van der Waals surface area (Å²) in [6.45, 7) is 2.37. The molecule has 0 radical (unpaired) electrons. The third-order valence-electron chi connectivity index (χ3n) is 4.02. The Balaban J connectivity index is 1.68. The van der Waals surface area contributed by atoms with E-state index in [9.17, 15) is 14.3 Å². The molecule has 1 saturated heterocycles. The van der Waals surface area contributed by atoms with E-state index >= 15 is 0 Å². The molecule has 0 aliphatic carbocycles. The highest BCUT2D eigenvalue weighted by atomic mass is 35.5. The van der Waals surface area contributed by atoms with Gasteiger partial charge >= 0.3 is 0 Å². The summed E-state index contributed by atoms with van der Waals surface area (Å²) in [5.41, 5.74) is 1.28. The summed E-state index contributed by atoms with van der Waals surface area (Å²) in [7, 11) is 0. The molecule has 0 atom stereocenters. The number of aromatic hydroxyl groups is 1. The van der Waals surface area contributed by atoms with Gasteiger partial charge in [0, 0.05) is 37.4 Å². The van der Waals surface area contributed by atoms with Crippen molar-refractivity contribution in [1.82, 2.24) is 4.90 Å². The number of phenols is 1.